The van der Waals surface area contributed by atoms with Gasteiger partial charge in [0.15, 0.2) is 0 Å². The smallest absolute Gasteiger partial charge is 0.110 e. The highest BCUT2D eigenvalue weighted by Crippen LogP contribution is 2.50. The molecule has 16 heavy (non-hydrogen) atoms. The van der Waals surface area contributed by atoms with E-state index < -0.39 is 0 Å². The van der Waals surface area contributed by atoms with Crippen molar-refractivity contribution in [2.24, 2.45) is 0 Å². The number of fused-ring (bicyclic) bond motifs is 6. The molecule has 2 unspecified atom stereocenters. The third-order valence-corrected chi connectivity index (χ3v) is 3.72. The Bertz CT molecular complexity index is 626. The topological polar surface area (TPSA) is 9.23 Å². The quantitative estimate of drug-likeness (QED) is 0.600. The zero-order valence-electron chi connectivity index (χ0n) is 9.10. The highest BCUT2D eigenvalue weighted by Gasteiger charge is 2.43. The summed E-state index contributed by atoms with van der Waals surface area (Å²) in [6.07, 6.45) is 4.51. The van der Waals surface area contributed by atoms with Gasteiger partial charge in [-0.25, -0.2) is 0 Å². The summed E-state index contributed by atoms with van der Waals surface area (Å²) in [6.45, 7) is 2.14. The molecule has 2 bridgehead atoms. The van der Waals surface area contributed by atoms with Crippen LogP contribution in [0.5, 0.6) is 0 Å². The molecule has 0 aliphatic carbocycles. The molecule has 0 N–H and O–H groups in total. The Morgan fingerprint density at radius 1 is 1.12 bits per heavy atom. The molecule has 2 aromatic carbocycles. The normalized spacial score (nSPS) is 29.9. The molecule has 0 aromatic heterocycles. The molecule has 0 saturated heterocycles. The van der Waals surface area contributed by atoms with E-state index in [9.17, 15) is 0 Å². The molecule has 0 radical (unpaired) electrons. The zero-order chi connectivity index (χ0) is 10.8. The first-order valence-electron chi connectivity index (χ1n) is 5.67. The standard InChI is InChI=1S/C15H12O/c1-15-7-6-14(16-15)12-8-10-4-2-3-5-11(10)9-13(12)15/h2-9,14H,1H3. The molecular formula is C15H12O. The van der Waals surface area contributed by atoms with Crippen LogP contribution in [0, 0.1) is 0 Å². The van der Waals surface area contributed by atoms with E-state index in [0.717, 1.165) is 0 Å². The van der Waals surface area contributed by atoms with E-state index in [1.54, 1.807) is 0 Å². The molecule has 0 spiro atoms. The lowest BCUT2D eigenvalue weighted by Gasteiger charge is -2.18. The van der Waals surface area contributed by atoms with Crippen LogP contribution in [-0.4, -0.2) is 0 Å². The first kappa shape index (κ1) is 8.54. The van der Waals surface area contributed by atoms with E-state index in [4.69, 9.17) is 4.74 Å². The van der Waals surface area contributed by atoms with Crippen molar-refractivity contribution in [2.75, 3.05) is 0 Å². The van der Waals surface area contributed by atoms with Gasteiger partial charge in [-0.05, 0) is 47.0 Å². The van der Waals surface area contributed by atoms with Crippen molar-refractivity contribution in [2.45, 2.75) is 18.6 Å². The second-order valence-electron chi connectivity index (χ2n) is 4.79. The van der Waals surface area contributed by atoms with Crippen molar-refractivity contribution in [3.05, 3.63) is 59.7 Å². The van der Waals surface area contributed by atoms with Crippen molar-refractivity contribution in [1.29, 1.82) is 0 Å². The summed E-state index contributed by atoms with van der Waals surface area (Å²) < 4.78 is 5.99. The Hall–Kier alpha value is -1.60. The molecule has 1 nitrogen and oxygen atoms in total. The van der Waals surface area contributed by atoms with Crippen LogP contribution in [0.1, 0.15) is 24.2 Å². The summed E-state index contributed by atoms with van der Waals surface area (Å²) in [7, 11) is 0. The fraction of sp³-hybridized carbons (Fsp3) is 0.200. The lowest BCUT2D eigenvalue weighted by atomic mass is 9.86. The van der Waals surface area contributed by atoms with Crippen LogP contribution >= 0.6 is 0 Å². The SMILES string of the molecule is CC12C=CC(O1)c1cc3ccccc3cc12. The Kier molecular flexibility index (Phi) is 1.36. The van der Waals surface area contributed by atoms with Crippen LogP contribution in [0.15, 0.2) is 48.6 Å². The van der Waals surface area contributed by atoms with Gasteiger partial charge in [-0.2, -0.15) is 0 Å². The lowest BCUT2D eigenvalue weighted by Crippen LogP contribution is -2.14. The van der Waals surface area contributed by atoms with Gasteiger partial charge in [0, 0.05) is 0 Å². The van der Waals surface area contributed by atoms with Crippen LogP contribution in [0.4, 0.5) is 0 Å². The minimum absolute atomic E-state index is 0.171. The molecule has 2 aromatic rings. The van der Waals surface area contributed by atoms with Crippen LogP contribution in [0.25, 0.3) is 10.8 Å². The minimum atomic E-state index is -0.190. The summed E-state index contributed by atoms with van der Waals surface area (Å²) >= 11 is 0. The number of rotatable bonds is 0. The number of ether oxygens (including phenoxy) is 1. The molecule has 2 heterocycles. The lowest BCUT2D eigenvalue weighted by molar-refractivity contribution is 0.0114. The average molecular weight is 208 g/mol. The summed E-state index contributed by atoms with van der Waals surface area (Å²) in [4.78, 5) is 0. The van der Waals surface area contributed by atoms with Gasteiger partial charge in [0.25, 0.3) is 0 Å². The van der Waals surface area contributed by atoms with Crippen molar-refractivity contribution >= 4 is 10.8 Å². The largest absolute Gasteiger partial charge is 0.354 e. The molecule has 1 heteroatoms. The predicted molar refractivity (Wildman–Crippen MR) is 64.3 cm³/mol. The van der Waals surface area contributed by atoms with Gasteiger partial charge < -0.3 is 4.74 Å². The fourth-order valence-electron chi connectivity index (χ4n) is 2.86. The second-order valence-corrected chi connectivity index (χ2v) is 4.79. The molecule has 0 fully saturated rings. The summed E-state index contributed by atoms with van der Waals surface area (Å²) in [5.74, 6) is 0. The molecule has 0 saturated carbocycles. The van der Waals surface area contributed by atoms with E-state index in [1.165, 1.54) is 21.9 Å². The van der Waals surface area contributed by atoms with Crippen molar-refractivity contribution in [3.63, 3.8) is 0 Å². The number of benzene rings is 2. The Morgan fingerprint density at radius 2 is 1.88 bits per heavy atom. The van der Waals surface area contributed by atoms with Crippen LogP contribution in [-0.2, 0) is 10.3 Å². The van der Waals surface area contributed by atoms with Gasteiger partial charge >= 0.3 is 0 Å². The van der Waals surface area contributed by atoms with E-state index in [1.807, 2.05) is 0 Å². The van der Waals surface area contributed by atoms with Crippen molar-refractivity contribution in [3.8, 4) is 0 Å². The first-order chi connectivity index (χ1) is 7.76. The van der Waals surface area contributed by atoms with Gasteiger partial charge in [0.1, 0.15) is 11.7 Å². The Morgan fingerprint density at radius 3 is 2.69 bits per heavy atom. The van der Waals surface area contributed by atoms with E-state index >= 15 is 0 Å². The van der Waals surface area contributed by atoms with Gasteiger partial charge in [0.2, 0.25) is 0 Å². The van der Waals surface area contributed by atoms with E-state index in [0.29, 0.717) is 0 Å². The van der Waals surface area contributed by atoms with Gasteiger partial charge in [-0.15, -0.1) is 0 Å². The molecule has 4 rings (SSSR count). The maximum absolute atomic E-state index is 5.99. The van der Waals surface area contributed by atoms with Gasteiger partial charge in [-0.3, -0.25) is 0 Å². The first-order valence-corrected chi connectivity index (χ1v) is 5.67. The summed E-state index contributed by atoms with van der Waals surface area (Å²) in [5.41, 5.74) is 2.48. The van der Waals surface area contributed by atoms with Gasteiger partial charge in [-0.1, -0.05) is 30.3 Å². The Balaban J connectivity index is 2.10. The van der Waals surface area contributed by atoms with Crippen molar-refractivity contribution in [1.82, 2.24) is 0 Å². The second kappa shape index (κ2) is 2.55. The fourth-order valence-corrected chi connectivity index (χ4v) is 2.86. The van der Waals surface area contributed by atoms with Gasteiger partial charge in [0.05, 0.1) is 0 Å². The molecule has 2 atom stereocenters. The molecule has 78 valence electrons. The molecule has 2 aliphatic heterocycles. The minimum Gasteiger partial charge on any atom is -0.354 e. The zero-order valence-corrected chi connectivity index (χ0v) is 9.10. The van der Waals surface area contributed by atoms with E-state index in [-0.39, 0.29) is 11.7 Å². The monoisotopic (exact) mass is 208 g/mol. The molecule has 2 aliphatic rings. The molecular weight excluding hydrogens is 196 g/mol. The average Bonchev–Trinajstić information content (AvgIpc) is 2.81. The summed E-state index contributed by atoms with van der Waals surface area (Å²) in [5, 5.41) is 2.60. The molecule has 0 amide bonds. The Labute approximate surface area is 94.4 Å². The third-order valence-electron chi connectivity index (χ3n) is 3.72. The third kappa shape index (κ3) is 0.896. The highest BCUT2D eigenvalue weighted by molar-refractivity contribution is 5.85. The number of hydrogen-bond donors (Lipinski definition) is 0. The maximum atomic E-state index is 5.99. The van der Waals surface area contributed by atoms with Crippen LogP contribution in [0.2, 0.25) is 0 Å². The highest BCUT2D eigenvalue weighted by atomic mass is 16.5. The van der Waals surface area contributed by atoms with Crippen LogP contribution in [0.3, 0.4) is 0 Å². The van der Waals surface area contributed by atoms with E-state index in [2.05, 4.69) is 55.5 Å². The summed E-state index contributed by atoms with van der Waals surface area (Å²) in [6, 6.07) is 13.0. The number of hydrogen-bond acceptors (Lipinski definition) is 1. The van der Waals surface area contributed by atoms with Crippen LogP contribution < -0.4 is 0 Å². The van der Waals surface area contributed by atoms with Crippen molar-refractivity contribution < 1.29 is 4.74 Å². The maximum Gasteiger partial charge on any atom is 0.110 e. The predicted octanol–water partition coefficient (Wildman–Crippen LogP) is 3.70.